The van der Waals surface area contributed by atoms with Gasteiger partial charge in [0.2, 0.25) is 0 Å². The summed E-state index contributed by atoms with van der Waals surface area (Å²) in [5.74, 6) is 0.581. The van der Waals surface area contributed by atoms with Crippen molar-refractivity contribution in [3.63, 3.8) is 0 Å². The molecule has 0 saturated carbocycles. The van der Waals surface area contributed by atoms with E-state index in [-0.39, 0.29) is 23.1 Å². The average molecular weight is 286 g/mol. The number of anilines is 2. The van der Waals surface area contributed by atoms with Crippen LogP contribution >= 0.6 is 0 Å². The van der Waals surface area contributed by atoms with Crippen LogP contribution in [0.2, 0.25) is 0 Å². The Morgan fingerprint density at radius 3 is 2.52 bits per heavy atom. The molecule has 21 heavy (non-hydrogen) atoms. The molecule has 2 aromatic rings. The number of nitrogens with one attached hydrogen (secondary N) is 1. The van der Waals surface area contributed by atoms with Crippen molar-refractivity contribution in [1.29, 1.82) is 5.26 Å². The molecule has 0 amide bonds. The number of nitro benzene ring substituents is 1. The van der Waals surface area contributed by atoms with Gasteiger partial charge in [-0.3, -0.25) is 10.1 Å². The van der Waals surface area contributed by atoms with Gasteiger partial charge in [0, 0.05) is 18.2 Å². The van der Waals surface area contributed by atoms with E-state index in [1.807, 2.05) is 19.9 Å². The summed E-state index contributed by atoms with van der Waals surface area (Å²) in [7, 11) is 0. The monoisotopic (exact) mass is 286 g/mol. The zero-order chi connectivity index (χ0) is 15.6. The van der Waals surface area contributed by atoms with Gasteiger partial charge in [-0.25, -0.2) is 4.68 Å². The maximum absolute atomic E-state index is 10.6. The third-order valence-electron chi connectivity index (χ3n) is 2.76. The molecule has 0 aliphatic carbocycles. The van der Waals surface area contributed by atoms with E-state index in [2.05, 4.69) is 10.4 Å². The molecule has 0 fully saturated rings. The first-order valence-corrected chi connectivity index (χ1v) is 6.24. The average Bonchev–Trinajstić information content (AvgIpc) is 2.74. The Kier molecular flexibility index (Phi) is 3.75. The van der Waals surface area contributed by atoms with E-state index in [0.29, 0.717) is 11.5 Å². The van der Waals surface area contributed by atoms with Crippen LogP contribution in [0.4, 0.5) is 17.3 Å². The number of nitro groups is 1. The van der Waals surface area contributed by atoms with Gasteiger partial charge in [-0.1, -0.05) is 0 Å². The first kappa shape index (κ1) is 14.3. The number of nitrogen functional groups attached to an aromatic ring is 1. The second-order valence-electron chi connectivity index (χ2n) is 4.70. The number of hydrogen-bond donors (Lipinski definition) is 2. The highest BCUT2D eigenvalue weighted by molar-refractivity contribution is 5.66. The molecule has 0 aliphatic rings. The number of rotatable bonds is 4. The van der Waals surface area contributed by atoms with Gasteiger partial charge in [0.15, 0.2) is 5.82 Å². The third-order valence-corrected chi connectivity index (χ3v) is 2.76. The number of hydrogen-bond acceptors (Lipinski definition) is 6. The zero-order valence-electron chi connectivity index (χ0n) is 11.6. The number of nitrogens with two attached hydrogens (primary N) is 1. The number of non-ortho nitro benzene ring substituents is 1. The second kappa shape index (κ2) is 5.50. The zero-order valence-corrected chi connectivity index (χ0v) is 11.6. The van der Waals surface area contributed by atoms with E-state index in [1.54, 1.807) is 0 Å². The van der Waals surface area contributed by atoms with Crippen LogP contribution in [-0.4, -0.2) is 20.7 Å². The molecule has 1 aromatic heterocycles. The predicted molar refractivity (Wildman–Crippen MR) is 78.1 cm³/mol. The van der Waals surface area contributed by atoms with Crippen LogP contribution in [0.1, 0.15) is 19.4 Å². The normalized spacial score (nSPS) is 10.4. The lowest BCUT2D eigenvalue weighted by Crippen LogP contribution is -2.11. The summed E-state index contributed by atoms with van der Waals surface area (Å²) in [6.07, 6.45) is 0. The topological polar surface area (TPSA) is 123 Å². The van der Waals surface area contributed by atoms with Crippen molar-refractivity contribution in [2.75, 3.05) is 11.1 Å². The minimum atomic E-state index is -0.483. The van der Waals surface area contributed by atoms with Crippen molar-refractivity contribution >= 4 is 17.3 Å². The fraction of sp³-hybridized carbons (Fsp3) is 0.231. The molecule has 3 N–H and O–H groups in total. The molecular weight excluding hydrogens is 272 g/mol. The highest BCUT2D eigenvalue weighted by Gasteiger charge is 2.17. The van der Waals surface area contributed by atoms with Crippen molar-refractivity contribution in [2.24, 2.45) is 0 Å². The van der Waals surface area contributed by atoms with Crippen LogP contribution in [0.5, 0.6) is 0 Å². The summed E-state index contributed by atoms with van der Waals surface area (Å²) >= 11 is 0. The van der Waals surface area contributed by atoms with Crippen molar-refractivity contribution in [2.45, 2.75) is 19.9 Å². The molecule has 0 unspecified atom stereocenters. The lowest BCUT2D eigenvalue weighted by atomic mass is 10.2. The first-order valence-electron chi connectivity index (χ1n) is 6.24. The lowest BCUT2D eigenvalue weighted by molar-refractivity contribution is -0.384. The molecule has 0 saturated heterocycles. The molecule has 0 spiro atoms. The van der Waals surface area contributed by atoms with Crippen LogP contribution in [0.25, 0.3) is 5.69 Å². The molecule has 108 valence electrons. The summed E-state index contributed by atoms with van der Waals surface area (Å²) in [6, 6.07) is 7.88. The molecule has 1 aromatic carbocycles. The standard InChI is InChI=1S/C13H14N6O2/c1-8(2)16-13-11(7-14)12(15)18(17-13)9-3-5-10(6-4-9)19(20)21/h3-6,8H,15H2,1-2H3,(H,16,17). The van der Waals surface area contributed by atoms with Gasteiger partial charge in [0.25, 0.3) is 5.69 Å². The molecule has 8 heteroatoms. The minimum Gasteiger partial charge on any atom is -0.382 e. The lowest BCUT2D eigenvalue weighted by Gasteiger charge is -2.06. The summed E-state index contributed by atoms with van der Waals surface area (Å²) in [6.45, 7) is 3.84. The Labute approximate surface area is 120 Å². The first-order chi connectivity index (χ1) is 9.93. The molecule has 0 bridgehead atoms. The van der Waals surface area contributed by atoms with E-state index in [0.717, 1.165) is 0 Å². The number of nitriles is 1. The van der Waals surface area contributed by atoms with Gasteiger partial charge in [0.1, 0.15) is 17.5 Å². The Hall–Kier alpha value is -3.08. The van der Waals surface area contributed by atoms with Crippen molar-refractivity contribution < 1.29 is 4.92 Å². The Balaban J connectivity index is 2.47. The number of nitrogens with zero attached hydrogens (tertiary/aromatic N) is 4. The highest BCUT2D eigenvalue weighted by Crippen LogP contribution is 2.25. The Morgan fingerprint density at radius 2 is 2.05 bits per heavy atom. The largest absolute Gasteiger partial charge is 0.382 e. The third kappa shape index (κ3) is 2.76. The van der Waals surface area contributed by atoms with Crippen molar-refractivity contribution in [3.8, 4) is 11.8 Å². The van der Waals surface area contributed by atoms with Crippen molar-refractivity contribution in [1.82, 2.24) is 9.78 Å². The smallest absolute Gasteiger partial charge is 0.269 e. The maximum Gasteiger partial charge on any atom is 0.269 e. The summed E-state index contributed by atoms with van der Waals surface area (Å²) in [5.41, 5.74) is 6.70. The quantitative estimate of drug-likeness (QED) is 0.655. The van der Waals surface area contributed by atoms with Gasteiger partial charge >= 0.3 is 0 Å². The van der Waals surface area contributed by atoms with Gasteiger partial charge in [-0.05, 0) is 26.0 Å². The van der Waals surface area contributed by atoms with Crippen LogP contribution in [0.15, 0.2) is 24.3 Å². The molecular formula is C13H14N6O2. The molecule has 2 rings (SSSR count). The van der Waals surface area contributed by atoms with Gasteiger partial charge in [-0.15, -0.1) is 5.10 Å². The minimum absolute atomic E-state index is 0.0227. The molecule has 8 nitrogen and oxygen atoms in total. The van der Waals surface area contributed by atoms with Gasteiger partial charge in [0.05, 0.1) is 10.6 Å². The SMILES string of the molecule is CC(C)Nc1nn(-c2ccc([N+](=O)[O-])cc2)c(N)c1C#N. The number of aromatic nitrogens is 2. The Morgan fingerprint density at radius 1 is 1.43 bits per heavy atom. The molecule has 0 atom stereocenters. The Bertz CT molecular complexity index is 711. The van der Waals surface area contributed by atoms with E-state index < -0.39 is 4.92 Å². The summed E-state index contributed by atoms with van der Waals surface area (Å²) < 4.78 is 1.38. The van der Waals surface area contributed by atoms with Crippen LogP contribution in [0.3, 0.4) is 0 Å². The van der Waals surface area contributed by atoms with E-state index in [1.165, 1.54) is 28.9 Å². The van der Waals surface area contributed by atoms with Crippen LogP contribution < -0.4 is 11.1 Å². The van der Waals surface area contributed by atoms with Crippen LogP contribution in [-0.2, 0) is 0 Å². The molecule has 0 radical (unpaired) electrons. The van der Waals surface area contributed by atoms with E-state index in [4.69, 9.17) is 5.73 Å². The summed E-state index contributed by atoms with van der Waals surface area (Å²) in [4.78, 5) is 10.2. The molecule has 1 heterocycles. The van der Waals surface area contributed by atoms with Gasteiger partial charge in [-0.2, -0.15) is 5.26 Å². The predicted octanol–water partition coefficient (Wildman–Crippen LogP) is 2.05. The van der Waals surface area contributed by atoms with E-state index >= 15 is 0 Å². The fourth-order valence-electron chi connectivity index (χ4n) is 1.83. The van der Waals surface area contributed by atoms with Crippen LogP contribution in [0, 0.1) is 21.4 Å². The number of benzene rings is 1. The fourth-order valence-corrected chi connectivity index (χ4v) is 1.83. The van der Waals surface area contributed by atoms with Crippen molar-refractivity contribution in [3.05, 3.63) is 39.9 Å². The maximum atomic E-state index is 10.6. The second-order valence-corrected chi connectivity index (χ2v) is 4.70. The van der Waals surface area contributed by atoms with Gasteiger partial charge < -0.3 is 11.1 Å². The molecule has 0 aliphatic heterocycles. The highest BCUT2D eigenvalue weighted by atomic mass is 16.6. The van der Waals surface area contributed by atoms with E-state index in [9.17, 15) is 15.4 Å². The summed E-state index contributed by atoms with van der Waals surface area (Å²) in [5, 5.41) is 27.1.